The highest BCUT2D eigenvalue weighted by molar-refractivity contribution is 7.13. The Morgan fingerprint density at radius 1 is 1.20 bits per heavy atom. The molecule has 0 aliphatic carbocycles. The van der Waals surface area contributed by atoms with E-state index >= 15 is 0 Å². The van der Waals surface area contributed by atoms with Gasteiger partial charge in [-0.3, -0.25) is 19.5 Å². The first-order valence-electron chi connectivity index (χ1n) is 8.55. The number of hydrogen-bond donors (Lipinski definition) is 0. The number of rotatable bonds is 6. The molecule has 25 heavy (non-hydrogen) atoms. The molecule has 3 rings (SSSR count). The molecule has 0 saturated carbocycles. The van der Waals surface area contributed by atoms with E-state index in [2.05, 4.69) is 51.2 Å². The number of hydrogen-bond acceptors (Lipinski definition) is 5. The van der Waals surface area contributed by atoms with Crippen LogP contribution >= 0.6 is 11.3 Å². The van der Waals surface area contributed by atoms with Crippen molar-refractivity contribution in [1.29, 1.82) is 0 Å². The van der Waals surface area contributed by atoms with Crippen molar-refractivity contribution in [1.82, 2.24) is 14.8 Å². The molecule has 1 aliphatic rings. The highest BCUT2D eigenvalue weighted by Crippen LogP contribution is 2.16. The number of piperazine rings is 1. The van der Waals surface area contributed by atoms with Gasteiger partial charge in [0.05, 0.1) is 6.54 Å². The first-order valence-corrected chi connectivity index (χ1v) is 9.43. The van der Waals surface area contributed by atoms with Gasteiger partial charge in [0.25, 0.3) is 0 Å². The number of thiazole rings is 1. The van der Waals surface area contributed by atoms with Gasteiger partial charge in [-0.05, 0) is 5.56 Å². The molecule has 0 N–H and O–H groups in total. The Bertz CT molecular complexity index is 679. The molecular formula is C19H24N4OS. The zero-order valence-electron chi connectivity index (χ0n) is 14.5. The van der Waals surface area contributed by atoms with E-state index in [1.165, 1.54) is 16.9 Å². The number of amides is 1. The molecule has 0 atom stereocenters. The standard InChI is InChI=1S/C19H24N4OS/c1-21(19-20-9-15-25-19)18(24)16-23-13-11-22(12-14-23)10-5-8-17-6-3-2-4-7-17/h2-9,15H,10-14,16H2,1H3/b8-5+. The lowest BCUT2D eigenvalue weighted by Crippen LogP contribution is -2.49. The van der Waals surface area contributed by atoms with Gasteiger partial charge in [0.2, 0.25) is 5.91 Å². The molecule has 1 aliphatic heterocycles. The smallest absolute Gasteiger partial charge is 0.242 e. The van der Waals surface area contributed by atoms with Crippen LogP contribution < -0.4 is 4.90 Å². The van der Waals surface area contributed by atoms with Crippen molar-refractivity contribution in [2.75, 3.05) is 51.2 Å². The van der Waals surface area contributed by atoms with Gasteiger partial charge in [-0.2, -0.15) is 0 Å². The van der Waals surface area contributed by atoms with Crippen molar-refractivity contribution in [3.63, 3.8) is 0 Å². The highest BCUT2D eigenvalue weighted by Gasteiger charge is 2.21. The summed E-state index contributed by atoms with van der Waals surface area (Å²) in [6.45, 7) is 5.26. The van der Waals surface area contributed by atoms with E-state index < -0.39 is 0 Å². The molecule has 1 saturated heterocycles. The maximum Gasteiger partial charge on any atom is 0.242 e. The molecule has 5 nitrogen and oxygen atoms in total. The minimum atomic E-state index is 0.104. The zero-order chi connectivity index (χ0) is 17.5. The van der Waals surface area contributed by atoms with Gasteiger partial charge in [-0.25, -0.2) is 4.98 Å². The van der Waals surface area contributed by atoms with Crippen LogP contribution in [0.1, 0.15) is 5.56 Å². The topological polar surface area (TPSA) is 39.7 Å². The fourth-order valence-corrected chi connectivity index (χ4v) is 3.44. The second-order valence-electron chi connectivity index (χ2n) is 6.16. The zero-order valence-corrected chi connectivity index (χ0v) is 15.4. The number of likely N-dealkylation sites (N-methyl/N-ethyl adjacent to an activating group) is 1. The van der Waals surface area contributed by atoms with Gasteiger partial charge in [-0.15, -0.1) is 11.3 Å². The first-order chi connectivity index (χ1) is 12.2. The highest BCUT2D eigenvalue weighted by atomic mass is 32.1. The molecule has 0 bridgehead atoms. The van der Waals surface area contributed by atoms with Crippen LogP contribution in [0.5, 0.6) is 0 Å². The summed E-state index contributed by atoms with van der Waals surface area (Å²) >= 11 is 1.49. The van der Waals surface area contributed by atoms with E-state index in [0.29, 0.717) is 6.54 Å². The fourth-order valence-electron chi connectivity index (χ4n) is 2.82. The third-order valence-corrected chi connectivity index (χ3v) is 5.23. The molecule has 1 amide bonds. The van der Waals surface area contributed by atoms with Crippen molar-refractivity contribution < 1.29 is 4.79 Å². The molecule has 0 unspecified atom stereocenters. The number of benzene rings is 1. The predicted molar refractivity (Wildman–Crippen MR) is 104 cm³/mol. The van der Waals surface area contributed by atoms with Gasteiger partial charge in [-0.1, -0.05) is 42.5 Å². The average Bonchev–Trinajstić information content (AvgIpc) is 3.18. The molecule has 0 spiro atoms. The largest absolute Gasteiger partial charge is 0.297 e. The lowest BCUT2D eigenvalue weighted by atomic mass is 10.2. The third kappa shape index (κ3) is 5.22. The van der Waals surface area contributed by atoms with Crippen LogP contribution in [-0.4, -0.2) is 67.0 Å². The van der Waals surface area contributed by atoms with Crippen LogP contribution in [-0.2, 0) is 4.79 Å². The lowest BCUT2D eigenvalue weighted by molar-refractivity contribution is -0.119. The number of carbonyl (C=O) groups excluding carboxylic acids is 1. The van der Waals surface area contributed by atoms with Gasteiger partial charge in [0, 0.05) is 51.3 Å². The lowest BCUT2D eigenvalue weighted by Gasteiger charge is -2.34. The van der Waals surface area contributed by atoms with E-state index in [4.69, 9.17) is 0 Å². The summed E-state index contributed by atoms with van der Waals surface area (Å²) in [5.41, 5.74) is 1.23. The van der Waals surface area contributed by atoms with E-state index in [9.17, 15) is 4.79 Å². The van der Waals surface area contributed by atoms with Crippen LogP contribution in [0.15, 0.2) is 48.0 Å². The fraction of sp³-hybridized carbons (Fsp3) is 0.368. The number of carbonyl (C=O) groups is 1. The maximum absolute atomic E-state index is 12.3. The average molecular weight is 356 g/mol. The summed E-state index contributed by atoms with van der Waals surface area (Å²) in [6.07, 6.45) is 6.11. The molecule has 0 radical (unpaired) electrons. The van der Waals surface area contributed by atoms with Crippen LogP contribution in [0.3, 0.4) is 0 Å². The molecule has 1 aromatic heterocycles. The van der Waals surface area contributed by atoms with Crippen LogP contribution in [0, 0.1) is 0 Å². The Morgan fingerprint density at radius 3 is 2.60 bits per heavy atom. The second-order valence-corrected chi connectivity index (χ2v) is 7.03. The summed E-state index contributed by atoms with van der Waals surface area (Å²) in [7, 11) is 1.80. The Hall–Kier alpha value is -2.02. The Balaban J connectivity index is 1.40. The van der Waals surface area contributed by atoms with Gasteiger partial charge in [0.15, 0.2) is 5.13 Å². The van der Waals surface area contributed by atoms with E-state index in [-0.39, 0.29) is 5.91 Å². The number of nitrogens with zero attached hydrogens (tertiary/aromatic N) is 4. The molecule has 2 aromatic rings. The van der Waals surface area contributed by atoms with Crippen molar-refractivity contribution in [2.45, 2.75) is 0 Å². The van der Waals surface area contributed by atoms with Crippen LogP contribution in [0.2, 0.25) is 0 Å². The van der Waals surface area contributed by atoms with Gasteiger partial charge in [0.1, 0.15) is 0 Å². The molecule has 2 heterocycles. The van der Waals surface area contributed by atoms with Crippen LogP contribution in [0.25, 0.3) is 6.08 Å². The third-order valence-electron chi connectivity index (χ3n) is 4.38. The Labute approximate surface area is 153 Å². The van der Waals surface area contributed by atoms with E-state index in [0.717, 1.165) is 37.9 Å². The van der Waals surface area contributed by atoms with Crippen LogP contribution in [0.4, 0.5) is 5.13 Å². The normalized spacial score (nSPS) is 16.4. The quantitative estimate of drug-likeness (QED) is 0.797. The Morgan fingerprint density at radius 2 is 1.92 bits per heavy atom. The summed E-state index contributed by atoms with van der Waals surface area (Å²) in [4.78, 5) is 22.8. The molecule has 132 valence electrons. The SMILES string of the molecule is CN(C(=O)CN1CCN(C/C=C/c2ccccc2)CC1)c1nccs1. The van der Waals surface area contributed by atoms with E-state index in [1.807, 2.05) is 11.4 Å². The van der Waals surface area contributed by atoms with Crippen molar-refractivity contribution in [2.24, 2.45) is 0 Å². The number of aromatic nitrogens is 1. The van der Waals surface area contributed by atoms with Crippen molar-refractivity contribution in [3.05, 3.63) is 53.5 Å². The minimum Gasteiger partial charge on any atom is -0.297 e. The molecule has 6 heteroatoms. The monoisotopic (exact) mass is 356 g/mol. The predicted octanol–water partition coefficient (Wildman–Crippen LogP) is 2.44. The summed E-state index contributed by atoms with van der Waals surface area (Å²) < 4.78 is 0. The van der Waals surface area contributed by atoms with Crippen molar-refractivity contribution in [3.8, 4) is 0 Å². The van der Waals surface area contributed by atoms with Gasteiger partial charge < -0.3 is 0 Å². The summed E-state index contributed by atoms with van der Waals surface area (Å²) in [5.74, 6) is 0.104. The first kappa shape index (κ1) is 17.8. The Kier molecular flexibility index (Phi) is 6.33. The van der Waals surface area contributed by atoms with Crippen molar-refractivity contribution >= 4 is 28.5 Å². The summed E-state index contributed by atoms with van der Waals surface area (Å²) in [5, 5.41) is 2.65. The number of anilines is 1. The van der Waals surface area contributed by atoms with E-state index in [1.54, 1.807) is 18.1 Å². The minimum absolute atomic E-state index is 0.104. The van der Waals surface area contributed by atoms with Gasteiger partial charge >= 0.3 is 0 Å². The molecule has 1 aromatic carbocycles. The molecule has 1 fully saturated rings. The summed E-state index contributed by atoms with van der Waals surface area (Å²) in [6, 6.07) is 10.4. The second kappa shape index (κ2) is 8.89. The maximum atomic E-state index is 12.3. The molecular weight excluding hydrogens is 332 g/mol.